The summed E-state index contributed by atoms with van der Waals surface area (Å²) in [5.41, 5.74) is 0. The molecule has 4 nitrogen and oxygen atoms in total. The first kappa shape index (κ1) is 13.1. The Hall–Kier alpha value is -0.940. The van der Waals surface area contributed by atoms with Gasteiger partial charge in [-0.15, -0.1) is 0 Å². The van der Waals surface area contributed by atoms with E-state index in [1.54, 1.807) is 6.20 Å². The average Bonchev–Trinajstić information content (AvgIpc) is 2.87. The first-order chi connectivity index (χ1) is 9.22. The van der Waals surface area contributed by atoms with Crippen molar-refractivity contribution < 1.29 is 0 Å². The molecule has 0 aromatic carbocycles. The van der Waals surface area contributed by atoms with Crippen LogP contribution in [0.3, 0.4) is 0 Å². The van der Waals surface area contributed by atoms with Crippen LogP contribution in [0.2, 0.25) is 5.02 Å². The van der Waals surface area contributed by atoms with Crippen molar-refractivity contribution in [1.29, 1.82) is 0 Å². The van der Waals surface area contributed by atoms with E-state index < -0.39 is 0 Å². The van der Waals surface area contributed by atoms with Crippen LogP contribution in [0.15, 0.2) is 23.3 Å². The van der Waals surface area contributed by atoms with E-state index in [-0.39, 0.29) is 0 Å². The summed E-state index contributed by atoms with van der Waals surface area (Å²) in [7, 11) is 0. The number of hydrogen-bond acceptors (Lipinski definition) is 5. The molecule has 19 heavy (non-hydrogen) atoms. The van der Waals surface area contributed by atoms with Gasteiger partial charge in [-0.25, -0.2) is 4.98 Å². The van der Waals surface area contributed by atoms with Crippen LogP contribution in [0.4, 0.5) is 5.82 Å². The second kappa shape index (κ2) is 5.59. The number of aromatic nitrogens is 1. The molecule has 102 valence electrons. The maximum atomic E-state index is 5.87. The number of amidine groups is 1. The van der Waals surface area contributed by atoms with Crippen molar-refractivity contribution in [3.8, 4) is 0 Å². The first-order valence-electron chi connectivity index (χ1n) is 6.55. The highest BCUT2D eigenvalue weighted by Crippen LogP contribution is 2.24. The molecule has 0 saturated carbocycles. The number of hydrogen-bond donors (Lipinski definition) is 0. The van der Waals surface area contributed by atoms with Gasteiger partial charge in [0.15, 0.2) is 5.17 Å². The van der Waals surface area contributed by atoms with Gasteiger partial charge in [0.25, 0.3) is 0 Å². The van der Waals surface area contributed by atoms with E-state index in [2.05, 4.69) is 26.7 Å². The van der Waals surface area contributed by atoms with Gasteiger partial charge in [-0.3, -0.25) is 4.99 Å². The summed E-state index contributed by atoms with van der Waals surface area (Å²) in [6.45, 7) is 7.20. The van der Waals surface area contributed by atoms with Gasteiger partial charge in [0.05, 0.1) is 11.6 Å². The molecule has 0 amide bonds. The van der Waals surface area contributed by atoms with Gasteiger partial charge in [-0.1, -0.05) is 30.3 Å². The van der Waals surface area contributed by atoms with Gasteiger partial charge in [0.1, 0.15) is 5.82 Å². The van der Waals surface area contributed by atoms with Gasteiger partial charge < -0.3 is 9.80 Å². The van der Waals surface area contributed by atoms with Crippen LogP contribution in [0.5, 0.6) is 0 Å². The summed E-state index contributed by atoms with van der Waals surface area (Å²) in [5.74, 6) is 1.01. The smallest absolute Gasteiger partial charge is 0.159 e. The van der Waals surface area contributed by atoms with E-state index in [1.165, 1.54) is 5.17 Å². The van der Waals surface area contributed by atoms with Crippen molar-refractivity contribution in [2.75, 3.05) is 37.6 Å². The lowest BCUT2D eigenvalue weighted by Crippen LogP contribution is -2.48. The van der Waals surface area contributed by atoms with E-state index in [9.17, 15) is 0 Å². The standard InChI is InChI=1S/C13H17ClN4S/c1-10-8-16-13(19-10)18-6-4-17(5-7-18)12-3-2-11(14)9-15-12/h2-3,9-10H,4-8H2,1H3/t10-/m1/s1. The van der Waals surface area contributed by atoms with Crippen molar-refractivity contribution in [3.05, 3.63) is 23.4 Å². The minimum absolute atomic E-state index is 0.631. The normalized spacial score (nSPS) is 23.7. The van der Waals surface area contributed by atoms with Crippen LogP contribution < -0.4 is 4.90 Å². The number of nitrogens with zero attached hydrogens (tertiary/aromatic N) is 4. The van der Waals surface area contributed by atoms with Crippen molar-refractivity contribution in [1.82, 2.24) is 9.88 Å². The van der Waals surface area contributed by atoms with Crippen LogP contribution in [-0.2, 0) is 0 Å². The molecule has 0 aliphatic carbocycles. The topological polar surface area (TPSA) is 31.7 Å². The zero-order chi connectivity index (χ0) is 13.2. The zero-order valence-electron chi connectivity index (χ0n) is 10.9. The fourth-order valence-corrected chi connectivity index (χ4v) is 3.42. The maximum Gasteiger partial charge on any atom is 0.159 e. The summed E-state index contributed by atoms with van der Waals surface area (Å²) < 4.78 is 0. The Morgan fingerprint density at radius 2 is 1.95 bits per heavy atom. The fraction of sp³-hybridized carbons (Fsp3) is 0.538. The van der Waals surface area contributed by atoms with Crippen molar-refractivity contribution in [2.45, 2.75) is 12.2 Å². The lowest BCUT2D eigenvalue weighted by molar-refractivity contribution is 0.391. The third kappa shape index (κ3) is 2.98. The monoisotopic (exact) mass is 296 g/mol. The molecule has 1 aromatic rings. The molecular formula is C13H17ClN4S. The predicted molar refractivity (Wildman–Crippen MR) is 82.4 cm³/mol. The second-order valence-electron chi connectivity index (χ2n) is 4.86. The predicted octanol–water partition coefficient (Wildman–Crippen LogP) is 2.35. The Morgan fingerprint density at radius 3 is 2.53 bits per heavy atom. The number of pyridine rings is 1. The highest BCUT2D eigenvalue weighted by atomic mass is 35.5. The van der Waals surface area contributed by atoms with Crippen LogP contribution in [0.1, 0.15) is 6.92 Å². The largest absolute Gasteiger partial charge is 0.353 e. The molecule has 1 aromatic heterocycles. The minimum atomic E-state index is 0.631. The second-order valence-corrected chi connectivity index (χ2v) is 6.70. The average molecular weight is 297 g/mol. The minimum Gasteiger partial charge on any atom is -0.353 e. The molecule has 1 fully saturated rings. The molecule has 0 bridgehead atoms. The molecule has 2 aliphatic heterocycles. The first-order valence-corrected chi connectivity index (χ1v) is 7.81. The van der Waals surface area contributed by atoms with Crippen LogP contribution >= 0.6 is 23.4 Å². The molecule has 2 aliphatic rings. The third-order valence-electron chi connectivity index (χ3n) is 3.38. The lowest BCUT2D eigenvalue weighted by atomic mass is 10.3. The van der Waals surface area contributed by atoms with Crippen LogP contribution in [0.25, 0.3) is 0 Å². The molecule has 1 atom stereocenters. The number of halogens is 1. The number of rotatable bonds is 1. The SMILES string of the molecule is C[C@@H]1CN=C(N2CCN(c3ccc(Cl)cn3)CC2)S1. The quantitative estimate of drug-likeness (QED) is 0.796. The van der Waals surface area contributed by atoms with E-state index in [4.69, 9.17) is 11.6 Å². The highest BCUT2D eigenvalue weighted by molar-refractivity contribution is 8.14. The summed E-state index contributed by atoms with van der Waals surface area (Å²) in [5, 5.41) is 2.54. The maximum absolute atomic E-state index is 5.87. The number of anilines is 1. The summed E-state index contributed by atoms with van der Waals surface area (Å²) >= 11 is 7.76. The summed E-state index contributed by atoms with van der Waals surface area (Å²) in [4.78, 5) is 13.7. The Labute approximate surface area is 122 Å². The van der Waals surface area contributed by atoms with Gasteiger partial charge in [0, 0.05) is 37.6 Å². The molecule has 0 unspecified atom stereocenters. The van der Waals surface area contributed by atoms with Crippen LogP contribution in [-0.4, -0.2) is 53.0 Å². The van der Waals surface area contributed by atoms with Crippen molar-refractivity contribution in [3.63, 3.8) is 0 Å². The van der Waals surface area contributed by atoms with Crippen molar-refractivity contribution in [2.24, 2.45) is 4.99 Å². The van der Waals surface area contributed by atoms with Gasteiger partial charge in [-0.2, -0.15) is 0 Å². The van der Waals surface area contributed by atoms with E-state index in [1.807, 2.05) is 23.9 Å². The Bertz CT molecular complexity index is 468. The van der Waals surface area contributed by atoms with E-state index >= 15 is 0 Å². The van der Waals surface area contributed by atoms with Crippen molar-refractivity contribution >= 4 is 34.3 Å². The van der Waals surface area contributed by atoms with Gasteiger partial charge >= 0.3 is 0 Å². The van der Waals surface area contributed by atoms with E-state index in [0.717, 1.165) is 38.5 Å². The molecule has 6 heteroatoms. The number of aliphatic imine (C=N–C) groups is 1. The molecule has 0 N–H and O–H groups in total. The molecule has 0 radical (unpaired) electrons. The highest BCUT2D eigenvalue weighted by Gasteiger charge is 2.24. The van der Waals surface area contributed by atoms with Crippen LogP contribution in [0, 0.1) is 0 Å². The Kier molecular flexibility index (Phi) is 3.84. The van der Waals surface area contributed by atoms with Gasteiger partial charge in [0.2, 0.25) is 0 Å². The Morgan fingerprint density at radius 1 is 1.21 bits per heavy atom. The molecule has 3 rings (SSSR count). The van der Waals surface area contributed by atoms with Gasteiger partial charge in [-0.05, 0) is 12.1 Å². The zero-order valence-corrected chi connectivity index (χ0v) is 12.5. The third-order valence-corrected chi connectivity index (χ3v) is 4.75. The molecule has 1 saturated heterocycles. The fourth-order valence-electron chi connectivity index (χ4n) is 2.32. The summed E-state index contributed by atoms with van der Waals surface area (Å²) in [6, 6.07) is 3.89. The summed E-state index contributed by atoms with van der Waals surface area (Å²) in [6.07, 6.45) is 1.71. The Balaban J connectivity index is 1.59. The van der Waals surface area contributed by atoms with E-state index in [0.29, 0.717) is 10.3 Å². The number of piperazine rings is 1. The number of thioether (sulfide) groups is 1. The molecular weight excluding hydrogens is 280 g/mol. The molecule has 3 heterocycles. The lowest BCUT2D eigenvalue weighted by Gasteiger charge is -2.36. The molecule has 0 spiro atoms.